The van der Waals surface area contributed by atoms with Gasteiger partial charge in [-0.1, -0.05) is 35.9 Å². The molecule has 0 aliphatic carbocycles. The lowest BCUT2D eigenvalue weighted by molar-refractivity contribution is -0.117. The van der Waals surface area contributed by atoms with Gasteiger partial charge in [-0.2, -0.15) is 0 Å². The minimum atomic E-state index is -0.681. The zero-order valence-electron chi connectivity index (χ0n) is 12.1. The highest BCUT2D eigenvalue weighted by Gasteiger charge is 2.32. The standard InChI is InChI=1S/C17H14ClFN2O2/c18-13-7-4-8-14(19)16(13)17(23)20-11-9-15(22)21(10-11)12-5-2-1-3-6-12/h1-8,11H,9-10H2,(H,20,23). The molecule has 118 valence electrons. The van der Waals surface area contributed by atoms with E-state index >= 15 is 0 Å². The molecule has 1 aliphatic heterocycles. The van der Waals surface area contributed by atoms with Crippen LogP contribution in [-0.2, 0) is 4.79 Å². The number of nitrogens with zero attached hydrogens (tertiary/aromatic N) is 1. The van der Waals surface area contributed by atoms with Gasteiger partial charge in [-0.25, -0.2) is 4.39 Å². The maximum absolute atomic E-state index is 13.8. The molecule has 2 aromatic carbocycles. The molecule has 0 spiro atoms. The number of carbonyl (C=O) groups is 2. The largest absolute Gasteiger partial charge is 0.347 e. The molecule has 0 aromatic heterocycles. The third-order valence-corrected chi connectivity index (χ3v) is 4.03. The number of hydrogen-bond acceptors (Lipinski definition) is 2. The van der Waals surface area contributed by atoms with Crippen LogP contribution in [0, 0.1) is 5.82 Å². The van der Waals surface area contributed by atoms with E-state index in [2.05, 4.69) is 5.32 Å². The molecule has 4 nitrogen and oxygen atoms in total. The summed E-state index contributed by atoms with van der Waals surface area (Å²) in [5, 5.41) is 2.73. The van der Waals surface area contributed by atoms with Gasteiger partial charge >= 0.3 is 0 Å². The Balaban J connectivity index is 1.73. The van der Waals surface area contributed by atoms with Gasteiger partial charge in [0.2, 0.25) is 5.91 Å². The summed E-state index contributed by atoms with van der Waals surface area (Å²) < 4.78 is 13.8. The predicted octanol–water partition coefficient (Wildman–Crippen LogP) is 3.01. The Bertz CT molecular complexity index is 731. The summed E-state index contributed by atoms with van der Waals surface area (Å²) in [6, 6.07) is 12.9. The van der Waals surface area contributed by atoms with E-state index in [0.717, 1.165) is 5.69 Å². The van der Waals surface area contributed by atoms with Crippen LogP contribution in [0.15, 0.2) is 48.5 Å². The number of rotatable bonds is 3. The molecule has 23 heavy (non-hydrogen) atoms. The van der Waals surface area contributed by atoms with E-state index in [4.69, 9.17) is 11.6 Å². The van der Waals surface area contributed by atoms with Gasteiger partial charge in [0.25, 0.3) is 5.91 Å². The summed E-state index contributed by atoms with van der Waals surface area (Å²) in [5.74, 6) is -1.37. The van der Waals surface area contributed by atoms with Crippen molar-refractivity contribution in [2.75, 3.05) is 11.4 Å². The molecular formula is C17H14ClFN2O2. The lowest BCUT2D eigenvalue weighted by Crippen LogP contribution is -2.37. The molecule has 2 aromatic rings. The van der Waals surface area contributed by atoms with Crippen molar-refractivity contribution in [3.63, 3.8) is 0 Å². The van der Waals surface area contributed by atoms with Gasteiger partial charge in [-0.3, -0.25) is 9.59 Å². The highest BCUT2D eigenvalue weighted by molar-refractivity contribution is 6.33. The van der Waals surface area contributed by atoms with Crippen LogP contribution >= 0.6 is 11.6 Å². The lowest BCUT2D eigenvalue weighted by atomic mass is 10.1. The number of amides is 2. The Kier molecular flexibility index (Phi) is 4.30. The van der Waals surface area contributed by atoms with Crippen LogP contribution in [-0.4, -0.2) is 24.4 Å². The highest BCUT2D eigenvalue weighted by atomic mass is 35.5. The fourth-order valence-electron chi connectivity index (χ4n) is 2.63. The molecular weight excluding hydrogens is 319 g/mol. The molecule has 1 heterocycles. The molecule has 1 N–H and O–H groups in total. The van der Waals surface area contributed by atoms with Crippen molar-refractivity contribution in [3.05, 3.63) is 64.9 Å². The van der Waals surface area contributed by atoms with E-state index in [1.807, 2.05) is 30.3 Å². The minimum absolute atomic E-state index is 0.0479. The van der Waals surface area contributed by atoms with Gasteiger partial charge in [-0.05, 0) is 24.3 Å². The number of hydrogen-bond donors (Lipinski definition) is 1. The first-order valence-electron chi connectivity index (χ1n) is 7.16. The zero-order valence-corrected chi connectivity index (χ0v) is 12.9. The molecule has 0 bridgehead atoms. The van der Waals surface area contributed by atoms with Crippen molar-refractivity contribution in [3.8, 4) is 0 Å². The van der Waals surface area contributed by atoms with E-state index in [0.29, 0.717) is 6.54 Å². The van der Waals surface area contributed by atoms with Crippen LogP contribution in [0.2, 0.25) is 5.02 Å². The number of nitrogens with one attached hydrogen (secondary N) is 1. The van der Waals surface area contributed by atoms with Crippen LogP contribution in [0.1, 0.15) is 16.8 Å². The molecule has 1 atom stereocenters. The average molecular weight is 333 g/mol. The first kappa shape index (κ1) is 15.5. The first-order chi connectivity index (χ1) is 11.1. The molecule has 1 unspecified atom stereocenters. The van der Waals surface area contributed by atoms with Crippen LogP contribution in [0.3, 0.4) is 0 Å². The molecule has 2 amide bonds. The summed E-state index contributed by atoms with van der Waals surface area (Å²) >= 11 is 5.88. The fraction of sp³-hybridized carbons (Fsp3) is 0.176. The molecule has 6 heteroatoms. The summed E-state index contributed by atoms with van der Waals surface area (Å²) in [6.07, 6.45) is 0.173. The Morgan fingerprint density at radius 3 is 2.61 bits per heavy atom. The van der Waals surface area contributed by atoms with Gasteiger partial charge in [0.1, 0.15) is 5.82 Å². The number of anilines is 1. The van der Waals surface area contributed by atoms with Gasteiger partial charge in [0.15, 0.2) is 0 Å². The summed E-state index contributed by atoms with van der Waals surface area (Å²) in [4.78, 5) is 25.9. The summed E-state index contributed by atoms with van der Waals surface area (Å²) in [5.41, 5.74) is 0.581. The summed E-state index contributed by atoms with van der Waals surface area (Å²) in [7, 11) is 0. The normalized spacial score (nSPS) is 17.4. The molecule has 1 fully saturated rings. The Morgan fingerprint density at radius 1 is 1.17 bits per heavy atom. The smallest absolute Gasteiger partial charge is 0.256 e. The van der Waals surface area contributed by atoms with Gasteiger partial charge in [-0.15, -0.1) is 0 Å². The highest BCUT2D eigenvalue weighted by Crippen LogP contribution is 2.23. The average Bonchev–Trinajstić information content (AvgIpc) is 2.88. The van der Waals surface area contributed by atoms with Gasteiger partial charge in [0.05, 0.1) is 16.6 Å². The summed E-state index contributed by atoms with van der Waals surface area (Å²) in [6.45, 7) is 0.348. The van der Waals surface area contributed by atoms with Crippen molar-refractivity contribution >= 4 is 29.1 Å². The lowest BCUT2D eigenvalue weighted by Gasteiger charge is -2.17. The predicted molar refractivity (Wildman–Crippen MR) is 86.1 cm³/mol. The molecule has 0 radical (unpaired) electrons. The van der Waals surface area contributed by atoms with E-state index in [1.165, 1.54) is 18.2 Å². The van der Waals surface area contributed by atoms with Crippen LogP contribution in [0.5, 0.6) is 0 Å². The van der Waals surface area contributed by atoms with Crippen LogP contribution in [0.4, 0.5) is 10.1 Å². The van der Waals surface area contributed by atoms with E-state index < -0.39 is 11.7 Å². The monoisotopic (exact) mass is 332 g/mol. The number of benzene rings is 2. The maximum Gasteiger partial charge on any atom is 0.256 e. The second kappa shape index (κ2) is 6.38. The third kappa shape index (κ3) is 3.19. The van der Waals surface area contributed by atoms with Crippen molar-refractivity contribution in [2.24, 2.45) is 0 Å². The van der Waals surface area contributed by atoms with Crippen molar-refractivity contribution in [1.82, 2.24) is 5.32 Å². The molecule has 1 aliphatic rings. The SMILES string of the molecule is O=C(NC1CC(=O)N(c2ccccc2)C1)c1c(F)cccc1Cl. The quantitative estimate of drug-likeness (QED) is 0.939. The Morgan fingerprint density at radius 2 is 1.91 bits per heavy atom. The zero-order chi connectivity index (χ0) is 16.4. The van der Waals surface area contributed by atoms with Crippen LogP contribution in [0.25, 0.3) is 0 Å². The molecule has 3 rings (SSSR count). The van der Waals surface area contributed by atoms with Crippen molar-refractivity contribution in [1.29, 1.82) is 0 Å². The second-order valence-corrected chi connectivity index (χ2v) is 5.72. The first-order valence-corrected chi connectivity index (χ1v) is 7.54. The van der Waals surface area contributed by atoms with E-state index in [9.17, 15) is 14.0 Å². The van der Waals surface area contributed by atoms with E-state index in [-0.39, 0.29) is 29.0 Å². The third-order valence-electron chi connectivity index (χ3n) is 3.72. The molecule has 1 saturated heterocycles. The molecule has 0 saturated carbocycles. The van der Waals surface area contributed by atoms with Gasteiger partial charge < -0.3 is 10.2 Å². The maximum atomic E-state index is 13.8. The minimum Gasteiger partial charge on any atom is -0.347 e. The fourth-order valence-corrected chi connectivity index (χ4v) is 2.88. The second-order valence-electron chi connectivity index (χ2n) is 5.31. The topological polar surface area (TPSA) is 49.4 Å². The van der Waals surface area contributed by atoms with E-state index in [1.54, 1.807) is 4.90 Å². The van der Waals surface area contributed by atoms with Crippen LogP contribution < -0.4 is 10.2 Å². The van der Waals surface area contributed by atoms with Crippen molar-refractivity contribution in [2.45, 2.75) is 12.5 Å². The number of para-hydroxylation sites is 1. The Hall–Kier alpha value is -2.40. The van der Waals surface area contributed by atoms with Crippen molar-refractivity contribution < 1.29 is 14.0 Å². The number of carbonyl (C=O) groups excluding carboxylic acids is 2. The number of halogens is 2. The Labute approximate surface area is 137 Å². The van der Waals surface area contributed by atoms with Gasteiger partial charge in [0, 0.05) is 18.7 Å².